The topological polar surface area (TPSA) is 37.4 Å². The van der Waals surface area contributed by atoms with Gasteiger partial charge in [-0.3, -0.25) is 9.59 Å². The van der Waals surface area contributed by atoms with Gasteiger partial charge in [0.1, 0.15) is 0 Å². The zero-order valence-electron chi connectivity index (χ0n) is 10.1. The van der Waals surface area contributed by atoms with Crippen LogP contribution >= 0.6 is 11.8 Å². The number of benzene rings is 1. The molecule has 1 aliphatic heterocycles. The summed E-state index contributed by atoms with van der Waals surface area (Å²) in [6, 6.07) is 7.54. The maximum absolute atomic E-state index is 11.8. The smallest absolute Gasteiger partial charge is 0.224 e. The Morgan fingerprint density at radius 3 is 2.39 bits per heavy atom. The van der Waals surface area contributed by atoms with Crippen molar-refractivity contribution in [2.24, 2.45) is 0 Å². The van der Waals surface area contributed by atoms with E-state index in [4.69, 9.17) is 0 Å². The summed E-state index contributed by atoms with van der Waals surface area (Å²) >= 11 is 0.876. The molecule has 18 heavy (non-hydrogen) atoms. The second kappa shape index (κ2) is 5.87. The molecule has 1 aliphatic rings. The molecule has 0 unspecified atom stereocenters. The van der Waals surface area contributed by atoms with Crippen LogP contribution in [-0.2, 0) is 4.79 Å². The average molecular weight is 261 g/mol. The Labute approximate surface area is 111 Å². The molecule has 3 nitrogen and oxygen atoms in total. The van der Waals surface area contributed by atoms with Crippen molar-refractivity contribution in [2.45, 2.75) is 12.8 Å². The number of aldehydes is 1. The van der Waals surface area contributed by atoms with E-state index in [2.05, 4.69) is 11.5 Å². The number of nitrogens with zero attached hydrogens (tertiary/aromatic N) is 1. The number of hydrogen-bond acceptors (Lipinski definition) is 4. The molecule has 0 N–H and O–H groups in total. The molecule has 0 spiro atoms. The summed E-state index contributed by atoms with van der Waals surface area (Å²) in [7, 11) is 0. The van der Waals surface area contributed by atoms with Crippen molar-refractivity contribution in [2.75, 3.05) is 18.0 Å². The summed E-state index contributed by atoms with van der Waals surface area (Å²) in [6.45, 7) is 5.66. The Kier molecular flexibility index (Phi) is 4.20. The van der Waals surface area contributed by atoms with E-state index in [1.54, 1.807) is 12.1 Å². The Bertz CT molecular complexity index is 461. The lowest BCUT2D eigenvalue weighted by atomic mass is 10.2. The Balaban J connectivity index is 2.04. The largest absolute Gasteiger partial charge is 0.372 e. The molecule has 4 heteroatoms. The van der Waals surface area contributed by atoms with Crippen LogP contribution in [0.15, 0.2) is 35.7 Å². The fourth-order valence-corrected chi connectivity index (χ4v) is 2.53. The van der Waals surface area contributed by atoms with Gasteiger partial charge in [-0.15, -0.1) is 0 Å². The standard InChI is InChI=1S/C14H15NO2S/c1-11(10-16)18-14(17)12-4-6-13(7-5-12)15-8-2-3-9-15/h4-7,10H,1-3,8-9H2. The molecule has 0 aromatic heterocycles. The maximum Gasteiger partial charge on any atom is 0.224 e. The summed E-state index contributed by atoms with van der Waals surface area (Å²) in [6.07, 6.45) is 3.06. The van der Waals surface area contributed by atoms with Gasteiger partial charge in [-0.2, -0.15) is 0 Å². The summed E-state index contributed by atoms with van der Waals surface area (Å²) in [5, 5.41) is -0.139. The van der Waals surface area contributed by atoms with Gasteiger partial charge in [-0.1, -0.05) is 6.58 Å². The van der Waals surface area contributed by atoms with Crippen LogP contribution in [0.4, 0.5) is 5.69 Å². The second-order valence-corrected chi connectivity index (χ2v) is 5.31. The lowest BCUT2D eigenvalue weighted by molar-refractivity contribution is -0.104. The number of thioether (sulfide) groups is 1. The molecule has 1 fully saturated rings. The van der Waals surface area contributed by atoms with Crippen LogP contribution in [0.1, 0.15) is 23.2 Å². The minimum absolute atomic E-state index is 0.139. The number of hydrogen-bond donors (Lipinski definition) is 0. The van der Waals surface area contributed by atoms with Crippen molar-refractivity contribution in [3.8, 4) is 0 Å². The SMILES string of the molecule is C=C(C=O)SC(=O)c1ccc(N2CCCC2)cc1. The monoisotopic (exact) mass is 261 g/mol. The molecule has 1 aromatic rings. The molecule has 0 saturated carbocycles. The third-order valence-corrected chi connectivity index (χ3v) is 3.71. The normalized spacial score (nSPS) is 14.6. The van der Waals surface area contributed by atoms with Crippen molar-refractivity contribution in [1.82, 2.24) is 0 Å². The molecule has 1 saturated heterocycles. The highest BCUT2D eigenvalue weighted by Crippen LogP contribution is 2.23. The van der Waals surface area contributed by atoms with E-state index in [1.165, 1.54) is 12.8 Å². The van der Waals surface area contributed by atoms with E-state index in [0.29, 0.717) is 11.8 Å². The van der Waals surface area contributed by atoms with Crippen molar-refractivity contribution >= 4 is 28.9 Å². The van der Waals surface area contributed by atoms with E-state index in [1.807, 2.05) is 12.1 Å². The minimum Gasteiger partial charge on any atom is -0.372 e. The number of anilines is 1. The van der Waals surface area contributed by atoms with Gasteiger partial charge >= 0.3 is 0 Å². The Morgan fingerprint density at radius 1 is 1.22 bits per heavy atom. The average Bonchev–Trinajstić information content (AvgIpc) is 2.92. The second-order valence-electron chi connectivity index (χ2n) is 4.21. The first kappa shape index (κ1) is 12.9. The molecule has 2 rings (SSSR count). The molecule has 0 amide bonds. The van der Waals surface area contributed by atoms with Crippen molar-refractivity contribution in [3.63, 3.8) is 0 Å². The predicted molar refractivity (Wildman–Crippen MR) is 75.0 cm³/mol. The van der Waals surface area contributed by atoms with Crippen LogP contribution in [0.5, 0.6) is 0 Å². The summed E-state index contributed by atoms with van der Waals surface area (Å²) in [5.74, 6) is 0. The van der Waals surface area contributed by atoms with Gasteiger partial charge in [0.2, 0.25) is 5.12 Å². The highest BCUT2D eigenvalue weighted by Gasteiger charge is 2.13. The fourth-order valence-electron chi connectivity index (χ4n) is 1.99. The third kappa shape index (κ3) is 3.01. The highest BCUT2D eigenvalue weighted by molar-refractivity contribution is 8.18. The molecule has 0 aliphatic carbocycles. The van der Waals surface area contributed by atoms with Crippen LogP contribution in [0.2, 0.25) is 0 Å². The number of carbonyl (C=O) groups is 2. The Hall–Kier alpha value is -1.55. The highest BCUT2D eigenvalue weighted by atomic mass is 32.2. The van der Waals surface area contributed by atoms with Gasteiger partial charge in [-0.05, 0) is 48.9 Å². The zero-order chi connectivity index (χ0) is 13.0. The number of rotatable bonds is 4. The van der Waals surface area contributed by atoms with Gasteiger partial charge in [0.15, 0.2) is 6.29 Å². The lowest BCUT2D eigenvalue weighted by Crippen LogP contribution is -2.17. The van der Waals surface area contributed by atoms with Gasteiger partial charge in [-0.25, -0.2) is 0 Å². The molecule has 1 aromatic carbocycles. The first-order valence-corrected chi connectivity index (χ1v) is 6.73. The van der Waals surface area contributed by atoms with Gasteiger partial charge in [0, 0.05) is 29.2 Å². The third-order valence-electron chi connectivity index (χ3n) is 2.93. The predicted octanol–water partition coefficient (Wildman–Crippen LogP) is 2.87. The molecular weight excluding hydrogens is 246 g/mol. The summed E-state index contributed by atoms with van der Waals surface area (Å²) in [4.78, 5) is 24.7. The van der Waals surface area contributed by atoms with Crippen molar-refractivity contribution in [1.29, 1.82) is 0 Å². The summed E-state index contributed by atoms with van der Waals surface area (Å²) < 4.78 is 0. The molecule has 1 heterocycles. The molecule has 0 radical (unpaired) electrons. The van der Waals surface area contributed by atoms with Crippen molar-refractivity contribution in [3.05, 3.63) is 41.3 Å². The van der Waals surface area contributed by atoms with Crippen LogP contribution in [-0.4, -0.2) is 24.5 Å². The van der Waals surface area contributed by atoms with E-state index >= 15 is 0 Å². The first-order chi connectivity index (χ1) is 8.70. The van der Waals surface area contributed by atoms with E-state index in [0.717, 1.165) is 30.5 Å². The summed E-state index contributed by atoms with van der Waals surface area (Å²) in [5.41, 5.74) is 1.76. The zero-order valence-corrected chi connectivity index (χ0v) is 10.9. The number of allylic oxidation sites excluding steroid dienone is 1. The first-order valence-electron chi connectivity index (χ1n) is 5.92. The maximum atomic E-state index is 11.8. The van der Waals surface area contributed by atoms with Gasteiger partial charge in [0.25, 0.3) is 0 Å². The van der Waals surface area contributed by atoms with Gasteiger partial charge in [0.05, 0.1) is 0 Å². The van der Waals surface area contributed by atoms with E-state index in [-0.39, 0.29) is 10.0 Å². The Morgan fingerprint density at radius 2 is 1.83 bits per heavy atom. The molecule has 94 valence electrons. The molecule has 0 bridgehead atoms. The minimum atomic E-state index is -0.139. The van der Waals surface area contributed by atoms with Crippen LogP contribution < -0.4 is 4.90 Å². The molecule has 0 atom stereocenters. The van der Waals surface area contributed by atoms with Gasteiger partial charge < -0.3 is 4.90 Å². The van der Waals surface area contributed by atoms with E-state index < -0.39 is 0 Å². The van der Waals surface area contributed by atoms with E-state index in [9.17, 15) is 9.59 Å². The van der Waals surface area contributed by atoms with Crippen LogP contribution in [0.3, 0.4) is 0 Å². The fraction of sp³-hybridized carbons (Fsp3) is 0.286. The quantitative estimate of drug-likeness (QED) is 0.617. The van der Waals surface area contributed by atoms with Crippen LogP contribution in [0, 0.1) is 0 Å². The lowest BCUT2D eigenvalue weighted by Gasteiger charge is -2.17. The molecular formula is C14H15NO2S. The number of carbonyl (C=O) groups excluding carboxylic acids is 2. The van der Waals surface area contributed by atoms with Crippen molar-refractivity contribution < 1.29 is 9.59 Å². The van der Waals surface area contributed by atoms with Crippen LogP contribution in [0.25, 0.3) is 0 Å².